The van der Waals surface area contributed by atoms with Gasteiger partial charge in [0, 0.05) is 18.1 Å². The summed E-state index contributed by atoms with van der Waals surface area (Å²) in [5, 5.41) is 0.660. The number of halogens is 2. The van der Waals surface area contributed by atoms with Crippen LogP contribution in [0, 0.1) is 5.82 Å². The molecule has 4 heteroatoms. The average molecular weight is 318 g/mol. The summed E-state index contributed by atoms with van der Waals surface area (Å²) < 4.78 is 13.0. The Morgan fingerprint density at radius 1 is 1.27 bits per heavy atom. The van der Waals surface area contributed by atoms with Gasteiger partial charge >= 0.3 is 0 Å². The number of carbonyl (C=O) groups is 1. The zero-order valence-electron chi connectivity index (χ0n) is 12.4. The van der Waals surface area contributed by atoms with Crippen LogP contribution in [-0.2, 0) is 24.3 Å². The molecule has 1 heterocycles. The van der Waals surface area contributed by atoms with Crippen molar-refractivity contribution in [2.75, 3.05) is 0 Å². The minimum Gasteiger partial charge on any atom is -0.301 e. The fourth-order valence-corrected chi connectivity index (χ4v) is 3.41. The van der Waals surface area contributed by atoms with Crippen molar-refractivity contribution >= 4 is 17.9 Å². The summed E-state index contributed by atoms with van der Waals surface area (Å²) >= 11 is 6.38. The van der Waals surface area contributed by atoms with Crippen molar-refractivity contribution in [3.05, 3.63) is 69.5 Å². The Labute approximate surface area is 134 Å². The number of nitrogens with zero attached hydrogens (tertiary/aromatic N) is 1. The topological polar surface area (TPSA) is 20.3 Å². The largest absolute Gasteiger partial charge is 0.301 e. The van der Waals surface area contributed by atoms with Gasteiger partial charge in [-0.3, -0.25) is 4.90 Å². The molecule has 2 aromatic rings. The van der Waals surface area contributed by atoms with E-state index in [9.17, 15) is 9.18 Å². The molecule has 2 nitrogen and oxygen atoms in total. The summed E-state index contributed by atoms with van der Waals surface area (Å²) in [5.74, 6) is -0.254. The molecule has 1 atom stereocenters. The zero-order valence-corrected chi connectivity index (χ0v) is 13.1. The minimum absolute atomic E-state index is 0.254. The molecular formula is C18H17ClFNO. The third kappa shape index (κ3) is 2.79. The highest BCUT2D eigenvalue weighted by atomic mass is 35.5. The van der Waals surface area contributed by atoms with Crippen molar-refractivity contribution < 1.29 is 9.18 Å². The second-order valence-electron chi connectivity index (χ2n) is 5.62. The fraction of sp³-hybridized carbons (Fsp3) is 0.278. The highest BCUT2D eigenvalue weighted by Crippen LogP contribution is 2.39. The molecule has 114 valence electrons. The van der Waals surface area contributed by atoms with Crippen molar-refractivity contribution in [1.29, 1.82) is 0 Å². The number of carbonyl (C=O) groups excluding carboxylic acids is 1. The Morgan fingerprint density at radius 2 is 2.00 bits per heavy atom. The van der Waals surface area contributed by atoms with Crippen LogP contribution in [0.25, 0.3) is 0 Å². The van der Waals surface area contributed by atoms with Crippen LogP contribution >= 0.6 is 11.6 Å². The van der Waals surface area contributed by atoms with Crippen LogP contribution in [-0.4, -0.2) is 11.2 Å². The van der Waals surface area contributed by atoms with Crippen LogP contribution in [0.3, 0.4) is 0 Å². The van der Waals surface area contributed by atoms with Crippen molar-refractivity contribution in [2.24, 2.45) is 0 Å². The number of benzene rings is 2. The third-order valence-electron chi connectivity index (χ3n) is 4.17. The smallest absolute Gasteiger partial charge is 0.141 e. The molecule has 0 amide bonds. The monoisotopic (exact) mass is 317 g/mol. The van der Waals surface area contributed by atoms with Gasteiger partial charge in [0.1, 0.15) is 12.1 Å². The lowest BCUT2D eigenvalue weighted by Crippen LogP contribution is -2.22. The predicted molar refractivity (Wildman–Crippen MR) is 85.3 cm³/mol. The fourth-order valence-electron chi connectivity index (χ4n) is 3.04. The molecule has 2 aromatic carbocycles. The van der Waals surface area contributed by atoms with E-state index in [4.69, 9.17) is 11.6 Å². The molecule has 0 radical (unpaired) electrons. The van der Waals surface area contributed by atoms with Gasteiger partial charge in [0.15, 0.2) is 0 Å². The molecular weight excluding hydrogens is 301 g/mol. The lowest BCUT2D eigenvalue weighted by molar-refractivity contribution is -0.112. The van der Waals surface area contributed by atoms with Crippen LogP contribution in [0.1, 0.15) is 35.2 Å². The molecule has 0 aliphatic carbocycles. The van der Waals surface area contributed by atoms with Gasteiger partial charge < -0.3 is 4.79 Å². The van der Waals surface area contributed by atoms with E-state index in [0.29, 0.717) is 18.1 Å². The summed E-state index contributed by atoms with van der Waals surface area (Å²) in [4.78, 5) is 13.6. The van der Waals surface area contributed by atoms with Crippen LogP contribution in [0.2, 0.25) is 5.02 Å². The SMILES string of the molecule is CCc1cc(Cl)c2c(c1)CN(Cc1ccc(F)cc1)C2C=O. The van der Waals surface area contributed by atoms with Gasteiger partial charge in [-0.05, 0) is 46.9 Å². The second-order valence-corrected chi connectivity index (χ2v) is 6.02. The van der Waals surface area contributed by atoms with Gasteiger partial charge in [-0.25, -0.2) is 4.39 Å². The molecule has 0 aromatic heterocycles. The first-order valence-corrected chi connectivity index (χ1v) is 7.75. The van der Waals surface area contributed by atoms with Crippen molar-refractivity contribution in [2.45, 2.75) is 32.5 Å². The maximum Gasteiger partial charge on any atom is 0.141 e. The number of rotatable bonds is 4. The zero-order chi connectivity index (χ0) is 15.7. The summed E-state index contributed by atoms with van der Waals surface area (Å²) in [6.45, 7) is 3.36. The van der Waals surface area contributed by atoms with Crippen molar-refractivity contribution in [3.63, 3.8) is 0 Å². The predicted octanol–water partition coefficient (Wildman–Crippen LogP) is 4.30. The number of fused-ring (bicyclic) bond motifs is 1. The standard InChI is InChI=1S/C18H17ClFNO/c1-2-12-7-14-10-21(9-13-3-5-15(20)6-4-13)17(11-22)18(14)16(19)8-12/h3-8,11,17H,2,9-10H2,1H3. The molecule has 22 heavy (non-hydrogen) atoms. The van der Waals surface area contributed by atoms with Gasteiger partial charge in [-0.2, -0.15) is 0 Å². The average Bonchev–Trinajstić information content (AvgIpc) is 2.87. The molecule has 0 fully saturated rings. The first kappa shape index (κ1) is 15.2. The Kier molecular flexibility index (Phi) is 4.27. The Balaban J connectivity index is 1.90. The summed E-state index contributed by atoms with van der Waals surface area (Å²) in [6, 6.07) is 10.1. The molecule has 0 spiro atoms. The van der Waals surface area contributed by atoms with Gasteiger partial charge in [-0.1, -0.05) is 36.7 Å². The molecule has 1 aliphatic heterocycles. The van der Waals surface area contributed by atoms with Gasteiger partial charge in [0.2, 0.25) is 0 Å². The minimum atomic E-state index is -0.335. The van der Waals surface area contributed by atoms with E-state index >= 15 is 0 Å². The number of aryl methyl sites for hydroxylation is 1. The molecule has 0 saturated heterocycles. The van der Waals surface area contributed by atoms with E-state index in [-0.39, 0.29) is 11.9 Å². The lowest BCUT2D eigenvalue weighted by Gasteiger charge is -2.20. The number of aldehydes is 1. The normalized spacial score (nSPS) is 17.5. The third-order valence-corrected chi connectivity index (χ3v) is 4.49. The van der Waals surface area contributed by atoms with Gasteiger partial charge in [-0.15, -0.1) is 0 Å². The maximum atomic E-state index is 13.0. The van der Waals surface area contributed by atoms with E-state index in [0.717, 1.165) is 29.4 Å². The first-order chi connectivity index (χ1) is 10.6. The lowest BCUT2D eigenvalue weighted by atomic mass is 10.0. The summed E-state index contributed by atoms with van der Waals surface area (Å²) in [7, 11) is 0. The van der Waals surface area contributed by atoms with E-state index in [1.165, 1.54) is 17.7 Å². The molecule has 1 unspecified atom stereocenters. The van der Waals surface area contributed by atoms with Crippen LogP contribution in [0.15, 0.2) is 36.4 Å². The van der Waals surface area contributed by atoms with Crippen molar-refractivity contribution in [3.8, 4) is 0 Å². The molecule has 0 bridgehead atoms. The maximum absolute atomic E-state index is 13.0. The van der Waals surface area contributed by atoms with E-state index in [1.807, 2.05) is 6.07 Å². The number of hydrogen-bond donors (Lipinski definition) is 0. The molecule has 0 N–H and O–H groups in total. The summed E-state index contributed by atoms with van der Waals surface area (Å²) in [5.41, 5.74) is 4.18. The van der Waals surface area contributed by atoms with Crippen LogP contribution in [0.5, 0.6) is 0 Å². The van der Waals surface area contributed by atoms with Gasteiger partial charge in [0.25, 0.3) is 0 Å². The van der Waals surface area contributed by atoms with Crippen molar-refractivity contribution in [1.82, 2.24) is 4.90 Å². The van der Waals surface area contributed by atoms with Crippen LogP contribution in [0.4, 0.5) is 4.39 Å². The van der Waals surface area contributed by atoms with E-state index < -0.39 is 0 Å². The molecule has 0 saturated carbocycles. The Morgan fingerprint density at radius 3 is 2.64 bits per heavy atom. The highest BCUT2D eigenvalue weighted by molar-refractivity contribution is 6.31. The van der Waals surface area contributed by atoms with Gasteiger partial charge in [0.05, 0.1) is 6.04 Å². The first-order valence-electron chi connectivity index (χ1n) is 7.37. The number of hydrogen-bond acceptors (Lipinski definition) is 2. The van der Waals surface area contributed by atoms with E-state index in [1.54, 1.807) is 12.1 Å². The highest BCUT2D eigenvalue weighted by Gasteiger charge is 2.32. The summed E-state index contributed by atoms with van der Waals surface area (Å²) in [6.07, 6.45) is 1.85. The second kappa shape index (κ2) is 6.19. The molecule has 3 rings (SSSR count). The Hall–Kier alpha value is -1.71. The van der Waals surface area contributed by atoms with E-state index in [2.05, 4.69) is 17.9 Å². The quantitative estimate of drug-likeness (QED) is 0.784. The van der Waals surface area contributed by atoms with Crippen LogP contribution < -0.4 is 0 Å². The molecule has 1 aliphatic rings. The Bertz CT molecular complexity index is 699.